The van der Waals surface area contributed by atoms with Crippen LogP contribution in [0.15, 0.2) is 45.9 Å². The topological polar surface area (TPSA) is 76.0 Å². The molecule has 5 nitrogen and oxygen atoms in total. The van der Waals surface area contributed by atoms with Crippen LogP contribution in [0.5, 0.6) is 17.2 Å². The van der Waals surface area contributed by atoms with Crippen molar-refractivity contribution >= 4 is 37.8 Å². The van der Waals surface area contributed by atoms with Crippen molar-refractivity contribution in [2.45, 2.75) is 51.6 Å². The van der Waals surface area contributed by atoms with Crippen molar-refractivity contribution in [3.63, 3.8) is 0 Å². The van der Waals surface area contributed by atoms with Crippen LogP contribution in [0.3, 0.4) is 0 Å². The number of aliphatic carboxylic acids is 1. The molecule has 1 atom stereocenters. The number of halogens is 2. The summed E-state index contributed by atoms with van der Waals surface area (Å²) in [5.41, 5.74) is 2.18. The van der Waals surface area contributed by atoms with Crippen molar-refractivity contribution in [2.75, 3.05) is 7.11 Å². The van der Waals surface area contributed by atoms with Gasteiger partial charge in [-0.1, -0.05) is 32.3 Å². The molecule has 2 N–H and O–H groups in total. The van der Waals surface area contributed by atoms with Crippen LogP contribution in [0, 0.1) is 0 Å². The number of benzene rings is 2. The zero-order valence-corrected chi connectivity index (χ0v) is 21.0. The average Bonchev–Trinajstić information content (AvgIpc) is 2.70. The minimum atomic E-state index is -0.908. The third-order valence-corrected chi connectivity index (χ3v) is 6.02. The van der Waals surface area contributed by atoms with Crippen molar-refractivity contribution in [1.29, 1.82) is 0 Å². The summed E-state index contributed by atoms with van der Waals surface area (Å²) < 4.78 is 13.0. The highest BCUT2D eigenvalue weighted by Gasteiger charge is 2.20. The zero-order valence-electron chi connectivity index (χ0n) is 17.8. The molecule has 0 fully saturated rings. The maximum atomic E-state index is 11.0. The van der Waals surface area contributed by atoms with Gasteiger partial charge in [0.15, 0.2) is 5.75 Å². The highest BCUT2D eigenvalue weighted by molar-refractivity contribution is 9.11. The van der Waals surface area contributed by atoms with Gasteiger partial charge in [0.2, 0.25) is 0 Å². The van der Waals surface area contributed by atoms with E-state index in [0.717, 1.165) is 24.8 Å². The molecule has 168 valence electrons. The van der Waals surface area contributed by atoms with Crippen LogP contribution in [0.25, 0.3) is 0 Å². The van der Waals surface area contributed by atoms with Crippen LogP contribution < -0.4 is 9.47 Å². The SMILES string of the molecule is C=CCc1cc(Oc2c(Br)cc(CC(=O)O)cc2Br)c(C(O)CCCCC)cc1OC. The zero-order chi connectivity index (χ0) is 23.0. The Hall–Kier alpha value is -1.83. The smallest absolute Gasteiger partial charge is 0.307 e. The molecule has 0 saturated carbocycles. The number of aliphatic hydroxyl groups is 1. The summed E-state index contributed by atoms with van der Waals surface area (Å²) in [5.74, 6) is 0.792. The fraction of sp³-hybridized carbons (Fsp3) is 0.375. The first-order valence-corrected chi connectivity index (χ1v) is 11.8. The molecular formula is C24H28Br2O5. The summed E-state index contributed by atoms with van der Waals surface area (Å²) in [4.78, 5) is 11.0. The number of hydrogen-bond acceptors (Lipinski definition) is 4. The van der Waals surface area contributed by atoms with E-state index in [1.807, 2.05) is 12.1 Å². The van der Waals surface area contributed by atoms with Gasteiger partial charge in [0, 0.05) is 11.1 Å². The highest BCUT2D eigenvalue weighted by atomic mass is 79.9. The Kier molecular flexibility index (Phi) is 10.1. The molecule has 1 unspecified atom stereocenters. The molecule has 0 aliphatic carbocycles. The lowest BCUT2D eigenvalue weighted by atomic mass is 9.98. The summed E-state index contributed by atoms with van der Waals surface area (Å²) >= 11 is 6.97. The second-order valence-corrected chi connectivity index (χ2v) is 8.98. The first-order valence-electron chi connectivity index (χ1n) is 10.2. The Morgan fingerprint density at radius 2 is 1.84 bits per heavy atom. The number of carboxylic acids is 1. The number of ether oxygens (including phenoxy) is 2. The third kappa shape index (κ3) is 7.09. The van der Waals surface area contributed by atoms with E-state index in [0.29, 0.717) is 50.2 Å². The predicted octanol–water partition coefficient (Wildman–Crippen LogP) is 6.98. The predicted molar refractivity (Wildman–Crippen MR) is 129 cm³/mol. The molecule has 31 heavy (non-hydrogen) atoms. The molecule has 2 aromatic rings. The first kappa shape index (κ1) is 25.4. The fourth-order valence-corrected chi connectivity index (χ4v) is 4.75. The summed E-state index contributed by atoms with van der Waals surface area (Å²) in [6.45, 7) is 5.93. The lowest BCUT2D eigenvalue weighted by Crippen LogP contribution is -2.04. The Morgan fingerprint density at radius 3 is 2.39 bits per heavy atom. The van der Waals surface area contributed by atoms with Gasteiger partial charge < -0.3 is 19.7 Å². The lowest BCUT2D eigenvalue weighted by molar-refractivity contribution is -0.136. The van der Waals surface area contributed by atoms with Crippen molar-refractivity contribution in [3.8, 4) is 17.2 Å². The van der Waals surface area contributed by atoms with Crippen LogP contribution in [0.4, 0.5) is 0 Å². The van der Waals surface area contributed by atoms with E-state index in [-0.39, 0.29) is 6.42 Å². The molecule has 7 heteroatoms. The van der Waals surface area contributed by atoms with Crippen molar-refractivity contribution in [1.82, 2.24) is 0 Å². The molecule has 0 aliphatic heterocycles. The second-order valence-electron chi connectivity index (χ2n) is 7.27. The third-order valence-electron chi connectivity index (χ3n) is 4.84. The monoisotopic (exact) mass is 554 g/mol. The Balaban J connectivity index is 2.48. The molecule has 0 heterocycles. The van der Waals surface area contributed by atoms with Crippen LogP contribution in [-0.4, -0.2) is 23.3 Å². The number of methoxy groups -OCH3 is 1. The van der Waals surface area contributed by atoms with Crippen LogP contribution in [-0.2, 0) is 17.6 Å². The van der Waals surface area contributed by atoms with E-state index in [1.54, 1.807) is 25.3 Å². The maximum Gasteiger partial charge on any atom is 0.307 e. The summed E-state index contributed by atoms with van der Waals surface area (Å²) in [5, 5.41) is 19.9. The van der Waals surface area contributed by atoms with Gasteiger partial charge in [0.1, 0.15) is 11.5 Å². The number of unbranched alkanes of at least 4 members (excludes halogenated alkanes) is 2. The molecule has 0 radical (unpaired) electrons. The fourth-order valence-electron chi connectivity index (χ4n) is 3.31. The van der Waals surface area contributed by atoms with Gasteiger partial charge in [0.25, 0.3) is 0 Å². The molecule has 0 amide bonds. The molecule has 0 aliphatic rings. The largest absolute Gasteiger partial charge is 0.496 e. The molecule has 0 spiro atoms. The van der Waals surface area contributed by atoms with E-state index in [2.05, 4.69) is 45.4 Å². The summed E-state index contributed by atoms with van der Waals surface area (Å²) in [7, 11) is 1.60. The normalized spacial score (nSPS) is 11.8. The first-order chi connectivity index (χ1) is 14.8. The quantitative estimate of drug-likeness (QED) is 0.218. The molecule has 0 aromatic heterocycles. The Bertz CT molecular complexity index is 903. The van der Waals surface area contributed by atoms with Gasteiger partial charge in [-0.2, -0.15) is 0 Å². The van der Waals surface area contributed by atoms with Gasteiger partial charge in [-0.3, -0.25) is 4.79 Å². The van der Waals surface area contributed by atoms with Crippen LogP contribution >= 0.6 is 31.9 Å². The maximum absolute atomic E-state index is 11.0. The standard InChI is InChI=1S/C24H28Br2O5/c1-4-6-7-9-20(27)17-14-21(30-3)16(8-5-2)13-22(17)31-24-18(25)10-15(11-19(24)26)12-23(28)29/h5,10-11,13-14,20,27H,2,4,6-9,12H2,1,3H3,(H,28,29). The van der Waals surface area contributed by atoms with E-state index in [4.69, 9.17) is 14.6 Å². The summed E-state index contributed by atoms with van der Waals surface area (Å²) in [6, 6.07) is 7.13. The molecule has 2 rings (SSSR count). The van der Waals surface area contributed by atoms with Gasteiger partial charge in [-0.15, -0.1) is 6.58 Å². The lowest BCUT2D eigenvalue weighted by Gasteiger charge is -2.20. The molecule has 0 saturated heterocycles. The van der Waals surface area contributed by atoms with Gasteiger partial charge in [0.05, 0.1) is 28.6 Å². The van der Waals surface area contributed by atoms with E-state index in [1.165, 1.54) is 0 Å². The van der Waals surface area contributed by atoms with Crippen molar-refractivity contribution < 1.29 is 24.5 Å². The summed E-state index contributed by atoms with van der Waals surface area (Å²) in [6.07, 6.45) is 5.22. The number of carbonyl (C=O) groups is 1. The van der Waals surface area contributed by atoms with E-state index >= 15 is 0 Å². The molecule has 2 aromatic carbocycles. The Labute approximate surface area is 200 Å². The van der Waals surface area contributed by atoms with E-state index in [9.17, 15) is 9.90 Å². The number of rotatable bonds is 12. The van der Waals surface area contributed by atoms with Crippen molar-refractivity contribution in [3.05, 3.63) is 62.6 Å². The van der Waals surface area contributed by atoms with Crippen LogP contribution in [0.1, 0.15) is 55.4 Å². The minimum absolute atomic E-state index is 0.0924. The highest BCUT2D eigenvalue weighted by Crippen LogP contribution is 2.42. The van der Waals surface area contributed by atoms with Gasteiger partial charge in [-0.25, -0.2) is 0 Å². The minimum Gasteiger partial charge on any atom is -0.496 e. The number of allylic oxidation sites excluding steroid dienone is 1. The number of aliphatic hydroxyl groups excluding tert-OH is 1. The van der Waals surface area contributed by atoms with Crippen molar-refractivity contribution in [2.24, 2.45) is 0 Å². The number of hydrogen-bond donors (Lipinski definition) is 2. The number of carboxylic acid groups (broad SMARTS) is 1. The van der Waals surface area contributed by atoms with Crippen LogP contribution in [0.2, 0.25) is 0 Å². The molecular weight excluding hydrogens is 528 g/mol. The Morgan fingerprint density at radius 1 is 1.16 bits per heavy atom. The van der Waals surface area contributed by atoms with E-state index < -0.39 is 12.1 Å². The second kappa shape index (κ2) is 12.3. The van der Waals surface area contributed by atoms with Gasteiger partial charge >= 0.3 is 5.97 Å². The molecule has 0 bridgehead atoms. The van der Waals surface area contributed by atoms with Gasteiger partial charge in [-0.05, 0) is 74.5 Å². The average molecular weight is 556 g/mol.